The number of benzene rings is 1. The zero-order valence-corrected chi connectivity index (χ0v) is 12.4. The van der Waals surface area contributed by atoms with Crippen LogP contribution in [0.15, 0.2) is 34.5 Å². The van der Waals surface area contributed by atoms with Crippen LogP contribution >= 0.6 is 11.3 Å². The smallest absolute Gasteiger partial charge is 0.271 e. The van der Waals surface area contributed by atoms with Gasteiger partial charge in [-0.15, -0.1) is 11.3 Å². The fraction of sp³-hybridized carbons (Fsp3) is 0.231. The highest BCUT2D eigenvalue weighted by Crippen LogP contribution is 2.27. The number of hydrogen-bond acceptors (Lipinski definition) is 4. The summed E-state index contributed by atoms with van der Waals surface area (Å²) in [6, 6.07) is 8.71. The van der Waals surface area contributed by atoms with Gasteiger partial charge in [0.1, 0.15) is 4.21 Å². The van der Waals surface area contributed by atoms with Gasteiger partial charge in [0.25, 0.3) is 10.0 Å². The van der Waals surface area contributed by atoms with E-state index >= 15 is 0 Å². The number of thiophene rings is 1. The first-order valence-corrected chi connectivity index (χ1v) is 8.20. The quantitative estimate of drug-likeness (QED) is 0.852. The molecule has 1 aromatic heterocycles. The largest absolute Gasteiger partial charge is 0.397 e. The van der Waals surface area contributed by atoms with Gasteiger partial charge in [-0.3, -0.25) is 4.72 Å². The van der Waals surface area contributed by atoms with Crippen LogP contribution in [0.4, 0.5) is 11.4 Å². The van der Waals surface area contributed by atoms with Gasteiger partial charge in [-0.2, -0.15) is 0 Å². The molecule has 102 valence electrons. The van der Waals surface area contributed by atoms with Gasteiger partial charge in [0.2, 0.25) is 0 Å². The lowest BCUT2D eigenvalue weighted by Gasteiger charge is -2.09. The van der Waals surface area contributed by atoms with Crippen LogP contribution in [0.3, 0.4) is 0 Å². The maximum absolute atomic E-state index is 12.2. The summed E-state index contributed by atoms with van der Waals surface area (Å²) in [4.78, 5) is 1.04. The second-order valence-corrected chi connectivity index (χ2v) is 7.35. The third-order valence-corrected chi connectivity index (χ3v) is 5.79. The van der Waals surface area contributed by atoms with Crippen molar-refractivity contribution in [2.45, 2.75) is 24.5 Å². The SMILES string of the molecule is CCc1ccc(S(=O)(=O)Nc2cc(C)ccc2N)s1. The number of nitrogen functional groups attached to an aromatic ring is 1. The standard InChI is InChI=1S/C13H16N2O2S2/c1-3-10-5-7-13(18-10)19(16,17)15-12-8-9(2)4-6-11(12)14/h4-8,15H,3,14H2,1-2H3. The maximum atomic E-state index is 12.2. The lowest BCUT2D eigenvalue weighted by Crippen LogP contribution is -2.12. The van der Waals surface area contributed by atoms with Gasteiger partial charge in [-0.1, -0.05) is 13.0 Å². The van der Waals surface area contributed by atoms with Crippen molar-refractivity contribution in [1.29, 1.82) is 0 Å². The summed E-state index contributed by atoms with van der Waals surface area (Å²) >= 11 is 1.28. The monoisotopic (exact) mass is 296 g/mol. The lowest BCUT2D eigenvalue weighted by molar-refractivity contribution is 0.603. The number of rotatable bonds is 4. The Labute approximate surface area is 117 Å². The summed E-state index contributed by atoms with van der Waals surface area (Å²) in [5, 5.41) is 0. The zero-order chi connectivity index (χ0) is 14.0. The molecule has 0 amide bonds. The van der Waals surface area contributed by atoms with Gasteiger partial charge in [-0.05, 0) is 43.2 Å². The Morgan fingerprint density at radius 3 is 2.63 bits per heavy atom. The number of nitrogens with two attached hydrogens (primary N) is 1. The van der Waals surface area contributed by atoms with E-state index in [4.69, 9.17) is 5.73 Å². The van der Waals surface area contributed by atoms with Crippen molar-refractivity contribution in [2.24, 2.45) is 0 Å². The molecule has 0 saturated carbocycles. The summed E-state index contributed by atoms with van der Waals surface area (Å²) < 4.78 is 27.3. The Balaban J connectivity index is 2.33. The number of anilines is 2. The van der Waals surface area contributed by atoms with E-state index in [1.165, 1.54) is 11.3 Å². The predicted molar refractivity (Wildman–Crippen MR) is 80.1 cm³/mol. The van der Waals surface area contributed by atoms with Crippen molar-refractivity contribution in [1.82, 2.24) is 0 Å². The molecule has 2 rings (SSSR count). The molecule has 0 bridgehead atoms. The molecule has 6 heteroatoms. The molecule has 0 radical (unpaired) electrons. The molecule has 19 heavy (non-hydrogen) atoms. The summed E-state index contributed by atoms with van der Waals surface area (Å²) in [5.74, 6) is 0. The second-order valence-electron chi connectivity index (χ2n) is 4.27. The van der Waals surface area contributed by atoms with Gasteiger partial charge in [-0.25, -0.2) is 8.42 Å². The highest BCUT2D eigenvalue weighted by atomic mass is 32.2. The molecule has 1 aromatic carbocycles. The van der Waals surface area contributed by atoms with E-state index in [0.29, 0.717) is 15.6 Å². The van der Waals surface area contributed by atoms with E-state index in [9.17, 15) is 8.42 Å². The third-order valence-electron chi connectivity index (χ3n) is 2.70. The van der Waals surface area contributed by atoms with Crippen LogP contribution in [0.5, 0.6) is 0 Å². The minimum Gasteiger partial charge on any atom is -0.397 e. The summed E-state index contributed by atoms with van der Waals surface area (Å²) in [7, 11) is -3.55. The number of sulfonamides is 1. The average Bonchev–Trinajstić information content (AvgIpc) is 2.83. The predicted octanol–water partition coefficient (Wildman–Crippen LogP) is 3.00. The van der Waals surface area contributed by atoms with Gasteiger partial charge in [0.15, 0.2) is 0 Å². The lowest BCUT2D eigenvalue weighted by atomic mass is 10.2. The van der Waals surface area contributed by atoms with Crippen molar-refractivity contribution >= 4 is 32.7 Å². The minimum absolute atomic E-state index is 0.310. The van der Waals surface area contributed by atoms with E-state index in [2.05, 4.69) is 4.72 Å². The number of aryl methyl sites for hydroxylation is 2. The van der Waals surface area contributed by atoms with E-state index < -0.39 is 10.0 Å². The average molecular weight is 296 g/mol. The molecule has 0 aliphatic heterocycles. The Morgan fingerprint density at radius 2 is 2.00 bits per heavy atom. The van der Waals surface area contributed by atoms with E-state index in [0.717, 1.165) is 16.9 Å². The first-order valence-electron chi connectivity index (χ1n) is 5.90. The molecule has 0 aliphatic carbocycles. The first-order chi connectivity index (χ1) is 8.92. The minimum atomic E-state index is -3.55. The van der Waals surface area contributed by atoms with Crippen molar-refractivity contribution in [3.8, 4) is 0 Å². The van der Waals surface area contributed by atoms with E-state index in [1.807, 2.05) is 26.0 Å². The van der Waals surface area contributed by atoms with Crippen LogP contribution in [-0.2, 0) is 16.4 Å². The normalized spacial score (nSPS) is 11.5. The summed E-state index contributed by atoms with van der Waals surface area (Å²) in [6.07, 6.45) is 0.826. The van der Waals surface area contributed by atoms with Crippen LogP contribution in [0.25, 0.3) is 0 Å². The Hall–Kier alpha value is -1.53. The number of hydrogen-bond donors (Lipinski definition) is 2. The van der Waals surface area contributed by atoms with Crippen LogP contribution in [0, 0.1) is 6.92 Å². The molecule has 0 unspecified atom stereocenters. The summed E-state index contributed by atoms with van der Waals surface area (Å²) in [6.45, 7) is 3.88. The molecule has 0 atom stereocenters. The van der Waals surface area contributed by atoms with Crippen molar-refractivity contribution < 1.29 is 8.42 Å². The molecular formula is C13H16N2O2S2. The molecule has 0 fully saturated rings. The molecule has 0 saturated heterocycles. The topological polar surface area (TPSA) is 72.2 Å². The molecule has 0 spiro atoms. The van der Waals surface area contributed by atoms with Gasteiger partial charge < -0.3 is 5.73 Å². The van der Waals surface area contributed by atoms with Crippen molar-refractivity contribution in [2.75, 3.05) is 10.5 Å². The van der Waals surface area contributed by atoms with Gasteiger partial charge in [0.05, 0.1) is 11.4 Å². The zero-order valence-electron chi connectivity index (χ0n) is 10.8. The highest BCUT2D eigenvalue weighted by Gasteiger charge is 2.17. The highest BCUT2D eigenvalue weighted by molar-refractivity contribution is 7.94. The molecule has 4 nitrogen and oxygen atoms in total. The summed E-state index contributed by atoms with van der Waals surface area (Å²) in [5.41, 5.74) is 7.57. The van der Waals surface area contributed by atoms with Gasteiger partial charge >= 0.3 is 0 Å². The Bertz CT molecular complexity index is 690. The third kappa shape index (κ3) is 3.08. The number of nitrogens with one attached hydrogen (secondary N) is 1. The van der Waals surface area contributed by atoms with E-state index in [-0.39, 0.29) is 0 Å². The Kier molecular flexibility index (Phi) is 3.82. The van der Waals surface area contributed by atoms with Gasteiger partial charge in [0, 0.05) is 4.88 Å². The fourth-order valence-corrected chi connectivity index (χ4v) is 4.02. The Morgan fingerprint density at radius 1 is 1.26 bits per heavy atom. The van der Waals surface area contributed by atoms with E-state index in [1.54, 1.807) is 18.2 Å². The van der Waals surface area contributed by atoms with Crippen LogP contribution < -0.4 is 10.5 Å². The molecule has 3 N–H and O–H groups in total. The second kappa shape index (κ2) is 5.22. The first kappa shape index (κ1) is 13.9. The van der Waals surface area contributed by atoms with Crippen LogP contribution in [0.2, 0.25) is 0 Å². The van der Waals surface area contributed by atoms with Crippen LogP contribution in [0.1, 0.15) is 17.4 Å². The fourth-order valence-electron chi connectivity index (χ4n) is 1.65. The van der Waals surface area contributed by atoms with Crippen molar-refractivity contribution in [3.05, 3.63) is 40.8 Å². The van der Waals surface area contributed by atoms with Crippen LogP contribution in [-0.4, -0.2) is 8.42 Å². The molecule has 2 aromatic rings. The molecule has 1 heterocycles. The maximum Gasteiger partial charge on any atom is 0.271 e. The molecule has 0 aliphatic rings. The molecular weight excluding hydrogens is 280 g/mol. The van der Waals surface area contributed by atoms with Crippen molar-refractivity contribution in [3.63, 3.8) is 0 Å².